The maximum absolute atomic E-state index is 12.0. The quantitative estimate of drug-likeness (QED) is 0.799. The van der Waals surface area contributed by atoms with Gasteiger partial charge in [-0.25, -0.2) is 0 Å². The zero-order valence-corrected chi connectivity index (χ0v) is 11.8. The lowest BCUT2D eigenvalue weighted by atomic mass is 9.93. The highest BCUT2D eigenvalue weighted by molar-refractivity contribution is 6.31. The number of hydrogen-bond donors (Lipinski definition) is 0. The van der Waals surface area contributed by atoms with E-state index in [-0.39, 0.29) is 12.3 Å². The predicted molar refractivity (Wildman–Crippen MR) is 70.9 cm³/mol. The Bertz CT molecular complexity index is 520. The van der Waals surface area contributed by atoms with Crippen molar-refractivity contribution < 1.29 is 19.4 Å². The number of aliphatic carboxylic acids is 1. The van der Waals surface area contributed by atoms with Crippen LogP contribution >= 0.6 is 11.6 Å². The van der Waals surface area contributed by atoms with Gasteiger partial charge in [-0.1, -0.05) is 29.8 Å². The first-order valence-electron chi connectivity index (χ1n) is 6.30. The summed E-state index contributed by atoms with van der Waals surface area (Å²) in [5, 5.41) is 11.7. The Hall–Kier alpha value is -1.59. The molecule has 5 nitrogen and oxygen atoms in total. The molecule has 0 saturated carbocycles. The van der Waals surface area contributed by atoms with Crippen LogP contribution in [-0.4, -0.2) is 37.0 Å². The van der Waals surface area contributed by atoms with Crippen molar-refractivity contribution in [2.75, 3.05) is 20.3 Å². The standard InChI is InChI=1S/C14H16ClNO4/c1-20-7-6-16-12(17)8-10(14(18)19)13(16)9-4-2-3-5-11(9)15/h2-5,10,13H,6-8H2,1H3,(H,18,19)/p-1/t10-,13+/m1/s1. The van der Waals surface area contributed by atoms with E-state index in [1.165, 1.54) is 12.0 Å². The lowest BCUT2D eigenvalue weighted by Crippen LogP contribution is -2.37. The van der Waals surface area contributed by atoms with Crippen molar-refractivity contribution in [1.82, 2.24) is 4.90 Å². The van der Waals surface area contributed by atoms with Gasteiger partial charge < -0.3 is 19.5 Å². The Morgan fingerprint density at radius 1 is 1.50 bits per heavy atom. The van der Waals surface area contributed by atoms with Crippen molar-refractivity contribution >= 4 is 23.5 Å². The van der Waals surface area contributed by atoms with Gasteiger partial charge in [-0.05, 0) is 11.6 Å². The smallest absolute Gasteiger partial charge is 0.223 e. The average molecular weight is 297 g/mol. The van der Waals surface area contributed by atoms with Gasteiger partial charge >= 0.3 is 0 Å². The summed E-state index contributed by atoms with van der Waals surface area (Å²) in [6.07, 6.45) is -0.0675. The summed E-state index contributed by atoms with van der Waals surface area (Å²) in [7, 11) is 1.53. The van der Waals surface area contributed by atoms with E-state index < -0.39 is 17.9 Å². The molecule has 0 aromatic heterocycles. The van der Waals surface area contributed by atoms with Crippen LogP contribution in [0.4, 0.5) is 0 Å². The number of carboxylic acid groups (broad SMARTS) is 1. The van der Waals surface area contributed by atoms with Crippen LogP contribution in [0.1, 0.15) is 18.0 Å². The van der Waals surface area contributed by atoms with Gasteiger partial charge in [0.05, 0.1) is 12.6 Å². The zero-order chi connectivity index (χ0) is 14.7. The molecule has 0 aliphatic carbocycles. The van der Waals surface area contributed by atoms with Crippen molar-refractivity contribution in [3.05, 3.63) is 34.9 Å². The van der Waals surface area contributed by atoms with E-state index in [2.05, 4.69) is 0 Å². The predicted octanol–water partition coefficient (Wildman–Crippen LogP) is 0.626. The topological polar surface area (TPSA) is 69.7 Å². The molecule has 1 fully saturated rings. The fraction of sp³-hybridized carbons (Fsp3) is 0.429. The molecule has 0 spiro atoms. The summed E-state index contributed by atoms with van der Waals surface area (Å²) in [6.45, 7) is 0.668. The molecule has 1 saturated heterocycles. The van der Waals surface area contributed by atoms with Gasteiger partial charge in [-0.2, -0.15) is 0 Å². The van der Waals surface area contributed by atoms with Gasteiger partial charge in [0, 0.05) is 37.0 Å². The van der Waals surface area contributed by atoms with Gasteiger partial charge in [0.2, 0.25) is 5.91 Å². The fourth-order valence-electron chi connectivity index (χ4n) is 2.55. The number of carbonyl (C=O) groups is 2. The molecule has 1 amide bonds. The maximum Gasteiger partial charge on any atom is 0.223 e. The van der Waals surface area contributed by atoms with Gasteiger partial charge in [0.1, 0.15) is 0 Å². The Morgan fingerprint density at radius 2 is 2.20 bits per heavy atom. The summed E-state index contributed by atoms with van der Waals surface area (Å²) in [5.41, 5.74) is 0.630. The number of likely N-dealkylation sites (tertiary alicyclic amines) is 1. The maximum atomic E-state index is 12.0. The lowest BCUT2D eigenvalue weighted by molar-refractivity contribution is -0.312. The molecule has 1 aromatic carbocycles. The van der Waals surface area contributed by atoms with Crippen LogP contribution in [0.5, 0.6) is 0 Å². The minimum absolute atomic E-state index is 0.0675. The summed E-state index contributed by atoms with van der Waals surface area (Å²) in [5.74, 6) is -2.34. The summed E-state index contributed by atoms with van der Waals surface area (Å²) >= 11 is 6.14. The second-order valence-corrected chi connectivity index (χ2v) is 5.08. The second kappa shape index (κ2) is 6.24. The largest absolute Gasteiger partial charge is 0.550 e. The average Bonchev–Trinajstić information content (AvgIpc) is 2.74. The highest BCUT2D eigenvalue weighted by Crippen LogP contribution is 2.40. The first-order chi connectivity index (χ1) is 9.56. The Kier molecular flexibility index (Phi) is 4.62. The van der Waals surface area contributed by atoms with E-state index in [0.717, 1.165) is 0 Å². The van der Waals surface area contributed by atoms with E-state index in [1.54, 1.807) is 24.3 Å². The van der Waals surface area contributed by atoms with Gasteiger partial charge in [-0.3, -0.25) is 4.79 Å². The molecular formula is C14H15ClNO4-. The van der Waals surface area contributed by atoms with Crippen molar-refractivity contribution in [3.63, 3.8) is 0 Å². The first kappa shape index (κ1) is 14.8. The van der Waals surface area contributed by atoms with Gasteiger partial charge in [0.15, 0.2) is 0 Å². The minimum atomic E-state index is -1.23. The van der Waals surface area contributed by atoms with E-state index in [9.17, 15) is 14.7 Å². The number of benzene rings is 1. The van der Waals surface area contributed by atoms with Crippen LogP contribution in [-0.2, 0) is 14.3 Å². The Morgan fingerprint density at radius 3 is 2.80 bits per heavy atom. The summed E-state index contributed by atoms with van der Waals surface area (Å²) in [6, 6.07) is 6.35. The van der Waals surface area contributed by atoms with Crippen LogP contribution in [0, 0.1) is 5.92 Å². The van der Waals surface area contributed by atoms with Crippen molar-refractivity contribution in [2.45, 2.75) is 12.5 Å². The molecule has 6 heteroatoms. The molecule has 0 N–H and O–H groups in total. The number of halogens is 1. The highest BCUT2D eigenvalue weighted by Gasteiger charge is 2.41. The van der Waals surface area contributed by atoms with E-state index in [1.807, 2.05) is 0 Å². The Labute approximate surface area is 122 Å². The molecule has 2 atom stereocenters. The minimum Gasteiger partial charge on any atom is -0.550 e. The summed E-state index contributed by atoms with van der Waals surface area (Å²) in [4.78, 5) is 24.8. The van der Waals surface area contributed by atoms with Crippen LogP contribution in [0.15, 0.2) is 24.3 Å². The number of rotatable bonds is 5. The SMILES string of the molecule is COCCN1C(=O)C[C@@H](C(=O)[O-])[C@@H]1c1ccccc1Cl. The number of nitrogens with zero attached hydrogens (tertiary/aromatic N) is 1. The molecule has 108 valence electrons. The third kappa shape index (κ3) is 2.78. The molecule has 0 unspecified atom stereocenters. The number of carboxylic acids is 1. The molecule has 1 aliphatic rings. The number of amides is 1. The van der Waals surface area contributed by atoms with Crippen LogP contribution < -0.4 is 5.11 Å². The van der Waals surface area contributed by atoms with Crippen molar-refractivity contribution in [3.8, 4) is 0 Å². The van der Waals surface area contributed by atoms with E-state index in [4.69, 9.17) is 16.3 Å². The zero-order valence-electron chi connectivity index (χ0n) is 11.0. The second-order valence-electron chi connectivity index (χ2n) is 4.68. The molecule has 0 radical (unpaired) electrons. The van der Waals surface area contributed by atoms with Gasteiger partial charge in [-0.15, -0.1) is 0 Å². The number of ether oxygens (including phenoxy) is 1. The fourth-order valence-corrected chi connectivity index (χ4v) is 2.80. The number of carbonyl (C=O) groups excluding carboxylic acids is 2. The monoisotopic (exact) mass is 296 g/mol. The van der Waals surface area contributed by atoms with Crippen LogP contribution in [0.25, 0.3) is 0 Å². The summed E-state index contributed by atoms with van der Waals surface area (Å²) < 4.78 is 4.97. The van der Waals surface area contributed by atoms with Crippen molar-refractivity contribution in [2.24, 2.45) is 5.92 Å². The first-order valence-corrected chi connectivity index (χ1v) is 6.67. The molecule has 2 rings (SSSR count). The number of methoxy groups -OCH3 is 1. The lowest BCUT2D eigenvalue weighted by Gasteiger charge is -2.29. The molecule has 1 aromatic rings. The molecule has 1 heterocycles. The van der Waals surface area contributed by atoms with E-state index in [0.29, 0.717) is 23.7 Å². The normalized spacial score (nSPS) is 22.3. The molecule has 1 aliphatic heterocycles. The molecule has 20 heavy (non-hydrogen) atoms. The van der Waals surface area contributed by atoms with E-state index >= 15 is 0 Å². The highest BCUT2D eigenvalue weighted by atomic mass is 35.5. The van der Waals surface area contributed by atoms with Crippen LogP contribution in [0.2, 0.25) is 5.02 Å². The molecule has 0 bridgehead atoms. The van der Waals surface area contributed by atoms with Crippen LogP contribution in [0.3, 0.4) is 0 Å². The Balaban J connectivity index is 2.38. The number of hydrogen-bond acceptors (Lipinski definition) is 4. The third-order valence-electron chi connectivity index (χ3n) is 3.49. The van der Waals surface area contributed by atoms with Crippen molar-refractivity contribution in [1.29, 1.82) is 0 Å². The molecular weight excluding hydrogens is 282 g/mol. The van der Waals surface area contributed by atoms with Gasteiger partial charge in [0.25, 0.3) is 0 Å². The third-order valence-corrected chi connectivity index (χ3v) is 3.84.